The molecular formula is C16H24ClN3O6S. The van der Waals surface area contributed by atoms with Crippen molar-refractivity contribution in [2.75, 3.05) is 26.7 Å². The van der Waals surface area contributed by atoms with E-state index in [2.05, 4.69) is 5.32 Å². The number of carbonyl (C=O) groups is 1. The highest BCUT2D eigenvalue weighted by Crippen LogP contribution is 2.29. The van der Waals surface area contributed by atoms with E-state index in [1.807, 2.05) is 7.05 Å². The van der Waals surface area contributed by atoms with Crippen molar-refractivity contribution in [2.45, 2.75) is 37.6 Å². The maximum absolute atomic E-state index is 12.9. The van der Waals surface area contributed by atoms with Crippen LogP contribution in [0.5, 0.6) is 0 Å². The van der Waals surface area contributed by atoms with Gasteiger partial charge in [-0.15, -0.1) is 12.4 Å². The maximum Gasteiger partial charge on any atom is 0.338 e. The van der Waals surface area contributed by atoms with Gasteiger partial charge in [-0.2, -0.15) is 4.31 Å². The summed E-state index contributed by atoms with van der Waals surface area (Å²) in [5, 5.41) is 14.4. The van der Waals surface area contributed by atoms with Crippen LogP contribution in [-0.4, -0.2) is 56.4 Å². The Balaban J connectivity index is 0.00000364. The van der Waals surface area contributed by atoms with Crippen LogP contribution in [-0.2, 0) is 14.8 Å². The Morgan fingerprint density at radius 1 is 1.37 bits per heavy atom. The Bertz CT molecular complexity index is 807. The summed E-state index contributed by atoms with van der Waals surface area (Å²) in [6.45, 7) is 3.71. The van der Waals surface area contributed by atoms with Crippen molar-refractivity contribution >= 4 is 34.1 Å². The van der Waals surface area contributed by atoms with Crippen LogP contribution in [0.4, 0.5) is 5.69 Å². The van der Waals surface area contributed by atoms with Crippen LogP contribution in [0.1, 0.15) is 35.7 Å². The van der Waals surface area contributed by atoms with E-state index in [-0.39, 0.29) is 41.1 Å². The lowest BCUT2D eigenvalue weighted by molar-refractivity contribution is -0.385. The third kappa shape index (κ3) is 4.95. The van der Waals surface area contributed by atoms with Crippen molar-refractivity contribution in [3.05, 3.63) is 33.4 Å². The molecule has 1 fully saturated rings. The predicted molar refractivity (Wildman–Crippen MR) is 102 cm³/mol. The van der Waals surface area contributed by atoms with Crippen molar-refractivity contribution < 1.29 is 22.9 Å². The van der Waals surface area contributed by atoms with Gasteiger partial charge in [0, 0.05) is 30.8 Å². The normalized spacial score (nSPS) is 15.8. The summed E-state index contributed by atoms with van der Waals surface area (Å²) in [6, 6.07) is 2.42. The summed E-state index contributed by atoms with van der Waals surface area (Å²) in [6.07, 6.45) is 1.29. The SMILES string of the molecule is CCOC(=O)c1cc(S(=O)(=O)N2CCC(NC)CC2)cc([N+](=O)[O-])c1C.Cl. The van der Waals surface area contributed by atoms with Gasteiger partial charge in [0.1, 0.15) is 0 Å². The predicted octanol–water partition coefficient (Wildman–Crippen LogP) is 1.87. The van der Waals surface area contributed by atoms with E-state index in [1.165, 1.54) is 17.3 Å². The van der Waals surface area contributed by atoms with Crippen LogP contribution in [0.15, 0.2) is 17.0 Å². The van der Waals surface area contributed by atoms with Gasteiger partial charge in [0.05, 0.1) is 22.0 Å². The van der Waals surface area contributed by atoms with E-state index in [0.717, 1.165) is 6.07 Å². The van der Waals surface area contributed by atoms with Crippen LogP contribution in [0.25, 0.3) is 0 Å². The van der Waals surface area contributed by atoms with Gasteiger partial charge < -0.3 is 10.1 Å². The number of hydrogen-bond acceptors (Lipinski definition) is 7. The first-order chi connectivity index (χ1) is 12.2. The Labute approximate surface area is 164 Å². The molecule has 1 aliphatic rings. The molecule has 0 spiro atoms. The number of piperidine rings is 1. The largest absolute Gasteiger partial charge is 0.462 e. The van der Waals surface area contributed by atoms with Crippen molar-refractivity contribution in [1.29, 1.82) is 0 Å². The zero-order valence-corrected chi connectivity index (χ0v) is 17.1. The molecule has 1 aromatic rings. The van der Waals surface area contributed by atoms with Crippen LogP contribution < -0.4 is 5.32 Å². The Hall–Kier alpha value is -1.75. The lowest BCUT2D eigenvalue weighted by Crippen LogP contribution is -2.43. The van der Waals surface area contributed by atoms with E-state index in [9.17, 15) is 23.3 Å². The fourth-order valence-electron chi connectivity index (χ4n) is 2.97. The second kappa shape index (κ2) is 9.45. The molecule has 1 aliphatic heterocycles. The maximum atomic E-state index is 12.9. The summed E-state index contributed by atoms with van der Waals surface area (Å²) >= 11 is 0. The number of halogens is 1. The monoisotopic (exact) mass is 421 g/mol. The third-order valence-corrected chi connectivity index (χ3v) is 6.42. The summed E-state index contributed by atoms with van der Waals surface area (Å²) in [5.74, 6) is -0.779. The lowest BCUT2D eigenvalue weighted by atomic mass is 10.1. The molecule has 0 saturated carbocycles. The number of sulfonamides is 1. The van der Waals surface area contributed by atoms with Gasteiger partial charge >= 0.3 is 5.97 Å². The molecule has 0 radical (unpaired) electrons. The van der Waals surface area contributed by atoms with E-state index >= 15 is 0 Å². The molecule has 0 atom stereocenters. The molecule has 1 aromatic carbocycles. The fraction of sp³-hybridized carbons (Fsp3) is 0.562. The first-order valence-electron chi connectivity index (χ1n) is 8.36. The number of rotatable bonds is 6. The van der Waals surface area contributed by atoms with Crippen molar-refractivity contribution in [3.8, 4) is 0 Å². The highest BCUT2D eigenvalue weighted by Gasteiger charge is 2.32. The number of nitro benzene ring substituents is 1. The van der Waals surface area contributed by atoms with Crippen LogP contribution in [0.3, 0.4) is 0 Å². The molecule has 0 aromatic heterocycles. The number of ether oxygens (including phenoxy) is 1. The molecular weight excluding hydrogens is 398 g/mol. The molecule has 0 bridgehead atoms. The molecule has 2 rings (SSSR count). The molecule has 9 nitrogen and oxygen atoms in total. The highest BCUT2D eigenvalue weighted by atomic mass is 35.5. The van der Waals surface area contributed by atoms with E-state index < -0.39 is 26.6 Å². The summed E-state index contributed by atoms with van der Waals surface area (Å²) < 4.78 is 32.1. The van der Waals surface area contributed by atoms with Crippen LogP contribution in [0, 0.1) is 17.0 Å². The number of esters is 1. The number of nitro groups is 1. The molecule has 11 heteroatoms. The van der Waals surface area contributed by atoms with Crippen molar-refractivity contribution in [1.82, 2.24) is 9.62 Å². The quantitative estimate of drug-likeness (QED) is 0.423. The van der Waals surface area contributed by atoms with Gasteiger partial charge in [-0.1, -0.05) is 0 Å². The minimum Gasteiger partial charge on any atom is -0.462 e. The number of hydrogen-bond donors (Lipinski definition) is 1. The van der Waals surface area contributed by atoms with E-state index in [4.69, 9.17) is 4.74 Å². The van der Waals surface area contributed by atoms with Crippen LogP contribution >= 0.6 is 12.4 Å². The Morgan fingerprint density at radius 2 is 1.96 bits per heavy atom. The highest BCUT2D eigenvalue weighted by molar-refractivity contribution is 7.89. The lowest BCUT2D eigenvalue weighted by Gasteiger charge is -2.31. The number of carbonyl (C=O) groups excluding carboxylic acids is 1. The molecule has 0 unspecified atom stereocenters. The summed E-state index contributed by atoms with van der Waals surface area (Å²) in [4.78, 5) is 22.5. The van der Waals surface area contributed by atoms with Crippen molar-refractivity contribution in [2.24, 2.45) is 0 Å². The minimum absolute atomic E-state index is 0. The smallest absolute Gasteiger partial charge is 0.338 e. The summed E-state index contributed by atoms with van der Waals surface area (Å²) in [7, 11) is -2.12. The number of nitrogens with zero attached hydrogens (tertiary/aromatic N) is 2. The first kappa shape index (κ1) is 23.3. The standard InChI is InChI=1S/C16H23N3O6S.ClH/c1-4-25-16(20)14-9-13(10-15(11(14)2)19(21)22)26(23,24)18-7-5-12(17-3)6-8-18;/h9-10,12,17H,4-8H2,1-3H3;1H. The van der Waals surface area contributed by atoms with E-state index in [0.29, 0.717) is 25.9 Å². The molecule has 1 saturated heterocycles. The molecule has 0 amide bonds. The number of benzene rings is 1. The molecule has 1 N–H and O–H groups in total. The third-order valence-electron chi connectivity index (χ3n) is 4.55. The average molecular weight is 422 g/mol. The van der Waals surface area contributed by atoms with Gasteiger partial charge in [0.25, 0.3) is 5.69 Å². The van der Waals surface area contributed by atoms with Crippen molar-refractivity contribution in [3.63, 3.8) is 0 Å². The fourth-order valence-corrected chi connectivity index (χ4v) is 4.48. The topological polar surface area (TPSA) is 119 Å². The Morgan fingerprint density at radius 3 is 2.44 bits per heavy atom. The molecule has 152 valence electrons. The average Bonchev–Trinajstić information content (AvgIpc) is 2.61. The molecule has 27 heavy (non-hydrogen) atoms. The van der Waals surface area contributed by atoms with Gasteiger partial charge in [0.2, 0.25) is 10.0 Å². The second-order valence-corrected chi connectivity index (χ2v) is 8.00. The van der Waals surface area contributed by atoms with E-state index in [1.54, 1.807) is 6.92 Å². The first-order valence-corrected chi connectivity index (χ1v) is 9.80. The van der Waals surface area contributed by atoms with Gasteiger partial charge in [-0.05, 0) is 39.8 Å². The molecule has 1 heterocycles. The van der Waals surface area contributed by atoms with Gasteiger partial charge in [-0.3, -0.25) is 10.1 Å². The summed E-state index contributed by atoms with van der Waals surface area (Å²) in [5.41, 5.74) is -0.440. The zero-order chi connectivity index (χ0) is 19.5. The zero-order valence-electron chi connectivity index (χ0n) is 15.4. The minimum atomic E-state index is -3.94. The second-order valence-electron chi connectivity index (χ2n) is 6.06. The number of nitrogens with one attached hydrogen (secondary N) is 1. The molecule has 0 aliphatic carbocycles. The van der Waals surface area contributed by atoms with Gasteiger partial charge in [0.15, 0.2) is 0 Å². The Kier molecular flexibility index (Phi) is 8.15. The van der Waals surface area contributed by atoms with Gasteiger partial charge in [-0.25, -0.2) is 13.2 Å². The van der Waals surface area contributed by atoms with Crippen LogP contribution in [0.2, 0.25) is 0 Å².